The Labute approximate surface area is 147 Å². The molecule has 0 aromatic heterocycles. The molecule has 0 spiro atoms. The second-order valence-corrected chi connectivity index (χ2v) is 5.41. The predicted molar refractivity (Wildman–Crippen MR) is 88.9 cm³/mol. The van der Waals surface area contributed by atoms with Crippen LogP contribution in [-0.4, -0.2) is 29.4 Å². The van der Waals surface area contributed by atoms with Crippen LogP contribution in [0.5, 0.6) is 5.75 Å². The van der Waals surface area contributed by atoms with Gasteiger partial charge >= 0.3 is 5.97 Å². The summed E-state index contributed by atoms with van der Waals surface area (Å²) in [6.45, 7) is 0.703. The lowest BCUT2D eigenvalue weighted by Gasteiger charge is -2.12. The van der Waals surface area contributed by atoms with Crippen molar-refractivity contribution in [1.29, 1.82) is 0 Å². The number of hydrogen-bond donors (Lipinski definition) is 2. The first-order chi connectivity index (χ1) is 11.8. The summed E-state index contributed by atoms with van der Waals surface area (Å²) in [6, 6.07) is 7.87. The Bertz CT molecular complexity index is 853. The number of hydrogen-bond acceptors (Lipinski definition) is 4. The molecule has 1 amide bonds. The van der Waals surface area contributed by atoms with Gasteiger partial charge in [-0.25, -0.2) is 9.18 Å². The lowest BCUT2D eigenvalue weighted by molar-refractivity contribution is -0.118. The second-order valence-electron chi connectivity index (χ2n) is 5.01. The van der Waals surface area contributed by atoms with E-state index in [0.29, 0.717) is 0 Å². The molecular weight excluding hydrogens is 353 g/mol. The summed E-state index contributed by atoms with van der Waals surface area (Å²) in [5, 5.41) is 11.2. The topological polar surface area (TPSA) is 92.7 Å². The first-order valence-corrected chi connectivity index (χ1v) is 7.42. The number of Topliss-reactive ketones (excluding diaryl/α,β-unsaturated/α-hetero) is 1. The third-order valence-electron chi connectivity index (χ3n) is 3.19. The normalized spacial score (nSPS) is 10.2. The molecule has 2 aromatic rings. The fourth-order valence-electron chi connectivity index (χ4n) is 2.03. The Morgan fingerprint density at radius 2 is 1.88 bits per heavy atom. The van der Waals surface area contributed by atoms with E-state index in [1.54, 1.807) is 6.07 Å². The van der Waals surface area contributed by atoms with Crippen molar-refractivity contribution in [3.8, 4) is 5.75 Å². The van der Waals surface area contributed by atoms with E-state index in [4.69, 9.17) is 21.4 Å². The summed E-state index contributed by atoms with van der Waals surface area (Å²) in [6.07, 6.45) is 0. The highest BCUT2D eigenvalue weighted by Crippen LogP contribution is 2.26. The van der Waals surface area contributed by atoms with Crippen LogP contribution in [-0.2, 0) is 4.79 Å². The van der Waals surface area contributed by atoms with E-state index in [9.17, 15) is 18.8 Å². The maximum Gasteiger partial charge on any atom is 0.337 e. The SMILES string of the molecule is CC(=O)c1cc(Cl)c(F)cc1OCC(=O)Nc1ccccc1C(=O)O. The smallest absolute Gasteiger partial charge is 0.337 e. The summed E-state index contributed by atoms with van der Waals surface area (Å²) >= 11 is 5.63. The van der Waals surface area contributed by atoms with Crippen molar-refractivity contribution in [1.82, 2.24) is 0 Å². The van der Waals surface area contributed by atoms with Crippen LogP contribution in [0.4, 0.5) is 10.1 Å². The number of carbonyl (C=O) groups excluding carboxylic acids is 2. The fourth-order valence-corrected chi connectivity index (χ4v) is 2.19. The first kappa shape index (κ1) is 18.4. The maximum atomic E-state index is 13.5. The Morgan fingerprint density at radius 1 is 1.20 bits per heavy atom. The number of carboxylic acids is 1. The molecule has 25 heavy (non-hydrogen) atoms. The number of para-hydroxylation sites is 1. The van der Waals surface area contributed by atoms with Crippen molar-refractivity contribution in [3.63, 3.8) is 0 Å². The van der Waals surface area contributed by atoms with Crippen LogP contribution in [0.25, 0.3) is 0 Å². The summed E-state index contributed by atoms with van der Waals surface area (Å²) in [7, 11) is 0. The Morgan fingerprint density at radius 3 is 2.52 bits per heavy atom. The number of halogens is 2. The van der Waals surface area contributed by atoms with Crippen molar-refractivity contribution in [2.75, 3.05) is 11.9 Å². The molecule has 0 aliphatic heterocycles. The summed E-state index contributed by atoms with van der Waals surface area (Å²) in [5.74, 6) is -3.20. The molecule has 0 radical (unpaired) electrons. The molecule has 130 valence electrons. The molecule has 6 nitrogen and oxygen atoms in total. The molecule has 0 saturated heterocycles. The minimum atomic E-state index is -1.20. The molecule has 0 heterocycles. The zero-order chi connectivity index (χ0) is 18.6. The van der Waals surface area contributed by atoms with Crippen molar-refractivity contribution < 1.29 is 28.6 Å². The van der Waals surface area contributed by atoms with E-state index in [1.165, 1.54) is 25.1 Å². The Kier molecular flexibility index (Phi) is 5.71. The van der Waals surface area contributed by atoms with E-state index in [-0.39, 0.29) is 27.6 Å². The molecule has 0 bridgehead atoms. The van der Waals surface area contributed by atoms with Gasteiger partial charge in [0.05, 0.1) is 21.8 Å². The van der Waals surface area contributed by atoms with Crippen molar-refractivity contribution in [3.05, 3.63) is 58.4 Å². The third-order valence-corrected chi connectivity index (χ3v) is 3.48. The average Bonchev–Trinajstić information content (AvgIpc) is 2.55. The highest BCUT2D eigenvalue weighted by Gasteiger charge is 2.16. The van der Waals surface area contributed by atoms with E-state index < -0.39 is 30.1 Å². The second kappa shape index (κ2) is 7.76. The highest BCUT2D eigenvalue weighted by molar-refractivity contribution is 6.31. The van der Waals surface area contributed by atoms with Gasteiger partial charge in [-0.2, -0.15) is 0 Å². The molecule has 0 fully saturated rings. The number of amides is 1. The summed E-state index contributed by atoms with van der Waals surface area (Å²) in [5.41, 5.74) is 0.0422. The zero-order valence-electron chi connectivity index (χ0n) is 13.0. The molecule has 0 aliphatic rings. The number of carboxylic acid groups (broad SMARTS) is 1. The van der Waals surface area contributed by atoms with Crippen molar-refractivity contribution in [2.45, 2.75) is 6.92 Å². The molecule has 2 aromatic carbocycles. The van der Waals surface area contributed by atoms with Gasteiger partial charge in [0, 0.05) is 6.07 Å². The minimum absolute atomic E-state index is 0.0325. The number of aromatic carboxylic acids is 1. The lowest BCUT2D eigenvalue weighted by Crippen LogP contribution is -2.22. The molecule has 2 rings (SSSR count). The van der Waals surface area contributed by atoms with Crippen molar-refractivity contribution in [2.24, 2.45) is 0 Å². The average molecular weight is 366 g/mol. The highest BCUT2D eigenvalue weighted by atomic mass is 35.5. The van der Waals surface area contributed by atoms with Gasteiger partial charge in [-0.1, -0.05) is 23.7 Å². The number of ketones is 1. The van der Waals surface area contributed by atoms with Crippen LogP contribution >= 0.6 is 11.6 Å². The Hall–Kier alpha value is -2.93. The number of rotatable bonds is 6. The van der Waals surface area contributed by atoms with E-state index >= 15 is 0 Å². The van der Waals surface area contributed by atoms with Crippen molar-refractivity contribution >= 4 is 34.9 Å². The minimum Gasteiger partial charge on any atom is -0.483 e. The molecule has 0 unspecified atom stereocenters. The molecule has 0 aliphatic carbocycles. The number of nitrogens with one attached hydrogen (secondary N) is 1. The number of benzene rings is 2. The molecule has 8 heteroatoms. The maximum absolute atomic E-state index is 13.5. The van der Waals surface area contributed by atoms with Gasteiger partial charge in [0.15, 0.2) is 12.4 Å². The van der Waals surface area contributed by atoms with Crippen LogP contribution in [0.15, 0.2) is 36.4 Å². The van der Waals surface area contributed by atoms with Gasteiger partial charge in [-0.15, -0.1) is 0 Å². The monoisotopic (exact) mass is 365 g/mol. The van der Waals surface area contributed by atoms with Gasteiger partial charge in [0.1, 0.15) is 11.6 Å². The Balaban J connectivity index is 2.12. The molecule has 0 atom stereocenters. The third kappa shape index (κ3) is 4.54. The number of anilines is 1. The first-order valence-electron chi connectivity index (χ1n) is 7.04. The molecule has 0 saturated carbocycles. The number of carbonyl (C=O) groups is 3. The van der Waals surface area contributed by atoms with E-state index in [2.05, 4.69) is 5.32 Å². The van der Waals surface area contributed by atoms with Gasteiger partial charge in [0.25, 0.3) is 5.91 Å². The lowest BCUT2D eigenvalue weighted by atomic mass is 10.1. The van der Waals surface area contributed by atoms with Crippen LogP contribution in [0.2, 0.25) is 5.02 Å². The van der Waals surface area contributed by atoms with Crippen LogP contribution in [0.1, 0.15) is 27.6 Å². The standard InChI is InChI=1S/C17H13ClFNO5/c1-9(21)11-6-12(18)13(19)7-15(11)25-8-16(22)20-14-5-3-2-4-10(14)17(23)24/h2-7H,8H2,1H3,(H,20,22)(H,23,24). The summed E-state index contributed by atoms with van der Waals surface area (Å²) < 4.78 is 18.7. The van der Waals surface area contributed by atoms with E-state index in [0.717, 1.165) is 12.1 Å². The summed E-state index contributed by atoms with van der Waals surface area (Å²) in [4.78, 5) is 34.6. The van der Waals surface area contributed by atoms with Crippen LogP contribution < -0.4 is 10.1 Å². The van der Waals surface area contributed by atoms with Gasteiger partial charge < -0.3 is 15.2 Å². The van der Waals surface area contributed by atoms with Crippen LogP contribution in [0, 0.1) is 5.82 Å². The number of ether oxygens (including phenoxy) is 1. The van der Waals surface area contributed by atoms with Gasteiger partial charge in [-0.05, 0) is 25.1 Å². The van der Waals surface area contributed by atoms with Crippen LogP contribution in [0.3, 0.4) is 0 Å². The van der Waals surface area contributed by atoms with Gasteiger partial charge in [-0.3, -0.25) is 9.59 Å². The van der Waals surface area contributed by atoms with E-state index in [1.807, 2.05) is 0 Å². The zero-order valence-corrected chi connectivity index (χ0v) is 13.8. The predicted octanol–water partition coefficient (Wildman–Crippen LogP) is 3.40. The molecular formula is C17H13ClFNO5. The quantitative estimate of drug-likeness (QED) is 0.765. The van der Waals surface area contributed by atoms with Gasteiger partial charge in [0.2, 0.25) is 0 Å². The largest absolute Gasteiger partial charge is 0.483 e. The molecule has 2 N–H and O–H groups in total. The fraction of sp³-hybridized carbons (Fsp3) is 0.118.